The number of rotatable bonds is 2. The lowest BCUT2D eigenvalue weighted by Gasteiger charge is -2.11. The highest BCUT2D eigenvalue weighted by atomic mass is 35.5. The van der Waals surface area contributed by atoms with Gasteiger partial charge in [0.1, 0.15) is 5.82 Å². The van der Waals surface area contributed by atoms with E-state index < -0.39 is 5.82 Å². The monoisotopic (exact) mass is 202 g/mol. The Labute approximate surface area is 82.2 Å². The summed E-state index contributed by atoms with van der Waals surface area (Å²) in [4.78, 5) is 0. The fourth-order valence-electron chi connectivity index (χ4n) is 1.28. The molecule has 0 radical (unpaired) electrons. The zero-order valence-corrected chi connectivity index (χ0v) is 8.40. The summed E-state index contributed by atoms with van der Waals surface area (Å²) >= 11 is 5.63. The maximum Gasteiger partial charge on any atom is 0.142 e. The largest absolute Gasteiger partial charge is 0.392 e. The molecule has 1 aromatic rings. The zero-order chi connectivity index (χ0) is 10.0. The lowest BCUT2D eigenvalue weighted by atomic mass is 9.97. The first-order chi connectivity index (χ1) is 6.06. The van der Waals surface area contributed by atoms with Gasteiger partial charge in [-0.3, -0.25) is 0 Å². The van der Waals surface area contributed by atoms with Gasteiger partial charge in [0.2, 0.25) is 0 Å². The molecule has 0 fully saturated rings. The quantitative estimate of drug-likeness (QED) is 0.782. The van der Waals surface area contributed by atoms with Crippen LogP contribution >= 0.6 is 11.6 Å². The Hall–Kier alpha value is -0.600. The van der Waals surface area contributed by atoms with Crippen LogP contribution in [0.1, 0.15) is 30.9 Å². The molecule has 0 saturated heterocycles. The number of hydrogen-bond donors (Lipinski definition) is 1. The van der Waals surface area contributed by atoms with Crippen LogP contribution < -0.4 is 0 Å². The van der Waals surface area contributed by atoms with E-state index in [0.29, 0.717) is 5.56 Å². The van der Waals surface area contributed by atoms with Gasteiger partial charge in [-0.1, -0.05) is 25.4 Å². The van der Waals surface area contributed by atoms with Crippen LogP contribution in [0.3, 0.4) is 0 Å². The molecule has 1 N–H and O–H groups in total. The first kappa shape index (κ1) is 10.5. The van der Waals surface area contributed by atoms with Gasteiger partial charge in [-0.2, -0.15) is 0 Å². The van der Waals surface area contributed by atoms with E-state index in [4.69, 9.17) is 16.7 Å². The van der Waals surface area contributed by atoms with Crippen molar-refractivity contribution in [3.8, 4) is 0 Å². The van der Waals surface area contributed by atoms with Crippen molar-refractivity contribution in [3.05, 3.63) is 34.1 Å². The molecule has 1 nitrogen and oxygen atoms in total. The van der Waals surface area contributed by atoms with Crippen LogP contribution in [-0.2, 0) is 6.61 Å². The Morgan fingerprint density at radius 2 is 2.08 bits per heavy atom. The molecule has 1 aromatic carbocycles. The van der Waals surface area contributed by atoms with Crippen molar-refractivity contribution >= 4 is 11.6 Å². The minimum atomic E-state index is -0.477. The van der Waals surface area contributed by atoms with Crippen LogP contribution in [0.4, 0.5) is 4.39 Å². The van der Waals surface area contributed by atoms with Gasteiger partial charge in [0.25, 0.3) is 0 Å². The zero-order valence-electron chi connectivity index (χ0n) is 7.64. The Morgan fingerprint density at radius 1 is 1.46 bits per heavy atom. The Bertz CT molecular complexity index is 310. The minimum Gasteiger partial charge on any atom is -0.392 e. The molecule has 0 heterocycles. The van der Waals surface area contributed by atoms with Crippen molar-refractivity contribution in [3.63, 3.8) is 0 Å². The predicted octanol–water partition coefficient (Wildman–Crippen LogP) is 3.09. The summed E-state index contributed by atoms with van der Waals surface area (Å²) in [5.41, 5.74) is 1.51. The molecule has 0 atom stereocenters. The summed E-state index contributed by atoms with van der Waals surface area (Å²) < 4.78 is 13.0. The second-order valence-electron chi connectivity index (χ2n) is 3.28. The van der Waals surface area contributed by atoms with Crippen LogP contribution in [0.15, 0.2) is 12.1 Å². The second kappa shape index (κ2) is 4.07. The van der Waals surface area contributed by atoms with Crippen molar-refractivity contribution in [1.29, 1.82) is 0 Å². The molecule has 1 rings (SSSR count). The maximum atomic E-state index is 13.0. The second-order valence-corrected chi connectivity index (χ2v) is 3.69. The SMILES string of the molecule is CC(C)c1cc(Cl)c(F)cc1CO. The summed E-state index contributed by atoms with van der Waals surface area (Å²) in [5, 5.41) is 9.08. The third-order valence-corrected chi connectivity index (χ3v) is 2.26. The van der Waals surface area contributed by atoms with Gasteiger partial charge in [-0.25, -0.2) is 4.39 Å². The summed E-state index contributed by atoms with van der Waals surface area (Å²) in [7, 11) is 0. The van der Waals surface area contributed by atoms with E-state index in [-0.39, 0.29) is 17.5 Å². The van der Waals surface area contributed by atoms with E-state index in [1.54, 1.807) is 6.07 Å². The average molecular weight is 203 g/mol. The first-order valence-corrected chi connectivity index (χ1v) is 4.52. The molecule has 13 heavy (non-hydrogen) atoms. The number of aliphatic hydroxyl groups excluding tert-OH is 1. The molecule has 0 aliphatic rings. The molecule has 72 valence electrons. The Morgan fingerprint density at radius 3 is 2.54 bits per heavy atom. The van der Waals surface area contributed by atoms with Gasteiger partial charge in [-0.15, -0.1) is 0 Å². The molecular weight excluding hydrogens is 191 g/mol. The van der Waals surface area contributed by atoms with E-state index in [1.165, 1.54) is 6.07 Å². The van der Waals surface area contributed by atoms with E-state index in [1.807, 2.05) is 13.8 Å². The number of aliphatic hydroxyl groups is 1. The number of hydrogen-bond acceptors (Lipinski definition) is 1. The summed E-state index contributed by atoms with van der Waals surface area (Å²) in [6.45, 7) is 3.80. The molecule has 0 bridgehead atoms. The van der Waals surface area contributed by atoms with Crippen LogP contribution in [0.5, 0.6) is 0 Å². The van der Waals surface area contributed by atoms with Crippen LogP contribution in [0.2, 0.25) is 5.02 Å². The molecule has 0 spiro atoms. The van der Waals surface area contributed by atoms with Crippen molar-refractivity contribution in [2.45, 2.75) is 26.4 Å². The Kier molecular flexibility index (Phi) is 3.28. The van der Waals surface area contributed by atoms with E-state index in [0.717, 1.165) is 5.56 Å². The van der Waals surface area contributed by atoms with Crippen molar-refractivity contribution < 1.29 is 9.50 Å². The first-order valence-electron chi connectivity index (χ1n) is 4.15. The van der Waals surface area contributed by atoms with Crippen molar-refractivity contribution in [2.24, 2.45) is 0 Å². The minimum absolute atomic E-state index is 0.112. The Balaban J connectivity index is 3.25. The van der Waals surface area contributed by atoms with Gasteiger partial charge < -0.3 is 5.11 Å². The van der Waals surface area contributed by atoms with Crippen molar-refractivity contribution in [1.82, 2.24) is 0 Å². The third kappa shape index (κ3) is 2.20. The molecule has 0 aliphatic carbocycles. The molecule has 0 amide bonds. The van der Waals surface area contributed by atoms with Gasteiger partial charge >= 0.3 is 0 Å². The summed E-state index contributed by atoms with van der Waals surface area (Å²) in [6.07, 6.45) is 0. The lowest BCUT2D eigenvalue weighted by molar-refractivity contribution is 0.279. The fraction of sp³-hybridized carbons (Fsp3) is 0.400. The summed E-state index contributed by atoms with van der Waals surface area (Å²) in [5.74, 6) is -0.240. The van der Waals surface area contributed by atoms with Gasteiger partial charge in [-0.05, 0) is 29.2 Å². The van der Waals surface area contributed by atoms with Gasteiger partial charge in [0.15, 0.2) is 0 Å². The third-order valence-electron chi connectivity index (χ3n) is 1.97. The van der Waals surface area contributed by atoms with E-state index in [9.17, 15) is 4.39 Å². The lowest BCUT2D eigenvalue weighted by Crippen LogP contribution is -1.97. The van der Waals surface area contributed by atoms with Crippen LogP contribution in [0.25, 0.3) is 0 Å². The molecular formula is C10H12ClFO. The molecule has 0 aliphatic heterocycles. The van der Waals surface area contributed by atoms with Crippen LogP contribution in [-0.4, -0.2) is 5.11 Å². The average Bonchev–Trinajstić information content (AvgIpc) is 2.08. The normalized spacial score (nSPS) is 10.9. The molecule has 0 unspecified atom stereocenters. The topological polar surface area (TPSA) is 20.2 Å². The fourth-order valence-corrected chi connectivity index (χ4v) is 1.45. The standard InChI is InChI=1S/C10H12ClFO/c1-6(2)8-4-9(11)10(12)3-7(8)5-13/h3-4,6,13H,5H2,1-2H3. The van der Waals surface area contributed by atoms with Crippen LogP contribution in [0, 0.1) is 5.82 Å². The maximum absolute atomic E-state index is 13.0. The number of halogens is 2. The highest BCUT2D eigenvalue weighted by molar-refractivity contribution is 6.30. The van der Waals surface area contributed by atoms with Crippen molar-refractivity contribution in [2.75, 3.05) is 0 Å². The highest BCUT2D eigenvalue weighted by Gasteiger charge is 2.10. The number of benzene rings is 1. The molecule has 0 saturated carbocycles. The highest BCUT2D eigenvalue weighted by Crippen LogP contribution is 2.25. The smallest absolute Gasteiger partial charge is 0.142 e. The molecule has 3 heteroatoms. The van der Waals surface area contributed by atoms with E-state index >= 15 is 0 Å². The summed E-state index contributed by atoms with van der Waals surface area (Å²) in [6, 6.07) is 2.87. The van der Waals surface area contributed by atoms with E-state index in [2.05, 4.69) is 0 Å². The predicted molar refractivity (Wildman–Crippen MR) is 51.4 cm³/mol. The van der Waals surface area contributed by atoms with Gasteiger partial charge in [0.05, 0.1) is 11.6 Å². The molecule has 0 aromatic heterocycles. The van der Waals surface area contributed by atoms with Gasteiger partial charge in [0, 0.05) is 0 Å².